The molecule has 1 fully saturated rings. The molecule has 5 atom stereocenters. The first-order valence-corrected chi connectivity index (χ1v) is 3.68. The second kappa shape index (κ2) is 3.68. The molecule has 0 aromatic carbocycles. The summed E-state index contributed by atoms with van der Waals surface area (Å²) in [6.45, 7) is 1.56. The Morgan fingerprint density at radius 2 is 2.00 bits per heavy atom. The molecule has 5 heteroatoms. The van der Waals surface area contributed by atoms with Gasteiger partial charge in [-0.05, 0) is 6.92 Å². The number of hydrogen-bond donors (Lipinski definition) is 3. The standard InChI is InChI=1S/C7H14O5/c1-3-4(8)6(11-2)5(9)7(10)12-3/h3-10H,1-2H3/t3-,4-,5-,6-,7?/m1/s1/i2D. The monoisotopic (exact) mass is 179 g/mol. The van der Waals surface area contributed by atoms with E-state index in [0.717, 1.165) is 0 Å². The van der Waals surface area contributed by atoms with Gasteiger partial charge in [-0.25, -0.2) is 0 Å². The van der Waals surface area contributed by atoms with Gasteiger partial charge in [-0.15, -0.1) is 0 Å². The molecule has 0 amide bonds. The average molecular weight is 179 g/mol. The largest absolute Gasteiger partial charge is 0.388 e. The minimum absolute atomic E-state index is 0.377. The lowest BCUT2D eigenvalue weighted by atomic mass is 10.00. The van der Waals surface area contributed by atoms with Gasteiger partial charge >= 0.3 is 0 Å². The van der Waals surface area contributed by atoms with Crippen LogP contribution in [0.2, 0.25) is 0 Å². The van der Waals surface area contributed by atoms with Gasteiger partial charge in [0.05, 0.1) is 7.47 Å². The van der Waals surface area contributed by atoms with Crippen molar-refractivity contribution in [2.45, 2.75) is 37.6 Å². The van der Waals surface area contributed by atoms with Crippen molar-refractivity contribution in [1.29, 1.82) is 0 Å². The number of ether oxygens (including phenoxy) is 2. The summed E-state index contributed by atoms with van der Waals surface area (Å²) in [6.07, 6.45) is -5.28. The van der Waals surface area contributed by atoms with Crippen LogP contribution in [0.15, 0.2) is 0 Å². The molecule has 0 saturated carbocycles. The van der Waals surface area contributed by atoms with Gasteiger partial charge in [0, 0.05) is 7.09 Å². The molecule has 1 unspecified atom stereocenters. The summed E-state index contributed by atoms with van der Waals surface area (Å²) < 4.78 is 16.4. The lowest BCUT2D eigenvalue weighted by molar-refractivity contribution is -0.282. The van der Waals surface area contributed by atoms with E-state index in [1.54, 1.807) is 6.92 Å². The smallest absolute Gasteiger partial charge is 0.183 e. The molecule has 1 aliphatic rings. The number of aliphatic hydroxyl groups excluding tert-OH is 3. The van der Waals surface area contributed by atoms with Gasteiger partial charge in [0.2, 0.25) is 0 Å². The van der Waals surface area contributed by atoms with Gasteiger partial charge in [-0.1, -0.05) is 0 Å². The first-order valence-electron chi connectivity index (χ1n) is 4.39. The molecule has 0 radical (unpaired) electrons. The zero-order valence-electron chi connectivity index (χ0n) is 7.75. The van der Waals surface area contributed by atoms with E-state index in [9.17, 15) is 10.2 Å². The molecule has 0 aliphatic carbocycles. The first kappa shape index (κ1) is 8.40. The Kier molecular flexibility index (Phi) is 2.57. The highest BCUT2D eigenvalue weighted by atomic mass is 16.6. The second-order valence-electron chi connectivity index (χ2n) is 2.84. The molecule has 72 valence electrons. The van der Waals surface area contributed by atoms with Gasteiger partial charge < -0.3 is 24.8 Å². The van der Waals surface area contributed by atoms with E-state index >= 15 is 0 Å². The molecule has 0 spiro atoms. The molecule has 3 N–H and O–H groups in total. The van der Waals surface area contributed by atoms with Crippen LogP contribution in [0.3, 0.4) is 0 Å². The normalized spacial score (nSPS) is 50.3. The van der Waals surface area contributed by atoms with Crippen molar-refractivity contribution in [3.8, 4) is 0 Å². The third kappa shape index (κ3) is 1.60. The minimum atomic E-state index is -1.37. The quantitative estimate of drug-likeness (QED) is 0.454. The molecule has 0 aromatic rings. The van der Waals surface area contributed by atoms with E-state index in [0.29, 0.717) is 0 Å². The molecular formula is C7H14O5. The second-order valence-corrected chi connectivity index (χ2v) is 2.84. The molecule has 1 heterocycles. The van der Waals surface area contributed by atoms with Crippen molar-refractivity contribution in [3.05, 3.63) is 0 Å². The Labute approximate surface area is 71.9 Å². The summed E-state index contributed by atoms with van der Waals surface area (Å²) in [4.78, 5) is 0. The van der Waals surface area contributed by atoms with Crippen LogP contribution in [0.25, 0.3) is 0 Å². The summed E-state index contributed by atoms with van der Waals surface area (Å²) in [6, 6.07) is 0. The Hall–Kier alpha value is -0.200. The van der Waals surface area contributed by atoms with Gasteiger partial charge in [-0.2, -0.15) is 0 Å². The fourth-order valence-corrected chi connectivity index (χ4v) is 1.21. The maximum Gasteiger partial charge on any atom is 0.183 e. The van der Waals surface area contributed by atoms with Crippen LogP contribution in [-0.2, 0) is 9.47 Å². The molecular weight excluding hydrogens is 164 g/mol. The zero-order chi connectivity index (χ0) is 10.0. The van der Waals surface area contributed by atoms with Crippen LogP contribution in [0.1, 0.15) is 8.29 Å². The Morgan fingerprint density at radius 3 is 2.58 bits per heavy atom. The van der Waals surface area contributed by atoms with E-state index in [1.165, 1.54) is 0 Å². The van der Waals surface area contributed by atoms with Gasteiger partial charge in [0.1, 0.15) is 18.3 Å². The van der Waals surface area contributed by atoms with Crippen molar-refractivity contribution >= 4 is 0 Å². The Bertz CT molecular complexity index is 153. The molecule has 1 rings (SSSR count). The lowest BCUT2D eigenvalue weighted by Crippen LogP contribution is -2.57. The lowest BCUT2D eigenvalue weighted by Gasteiger charge is -2.38. The van der Waals surface area contributed by atoms with E-state index in [1.807, 2.05) is 0 Å². The number of hydrogen-bond acceptors (Lipinski definition) is 5. The predicted octanol–water partition coefficient (Wildman–Crippen LogP) is -1.54. The molecule has 12 heavy (non-hydrogen) atoms. The predicted molar refractivity (Wildman–Crippen MR) is 39.4 cm³/mol. The molecule has 0 bridgehead atoms. The van der Waals surface area contributed by atoms with E-state index in [-0.39, 0.29) is 7.09 Å². The van der Waals surface area contributed by atoms with Crippen molar-refractivity contribution < 1.29 is 26.2 Å². The van der Waals surface area contributed by atoms with Crippen LogP contribution >= 0.6 is 0 Å². The fourth-order valence-electron chi connectivity index (χ4n) is 1.21. The number of methoxy groups -OCH3 is 1. The van der Waals surface area contributed by atoms with E-state index in [2.05, 4.69) is 0 Å². The molecule has 1 aliphatic heterocycles. The van der Waals surface area contributed by atoms with Gasteiger partial charge in [0.15, 0.2) is 6.29 Å². The molecule has 1 saturated heterocycles. The summed E-state index contributed by atoms with van der Waals surface area (Å²) >= 11 is 0. The molecule has 5 nitrogen and oxygen atoms in total. The van der Waals surface area contributed by atoms with Gasteiger partial charge in [-0.3, -0.25) is 0 Å². The summed E-state index contributed by atoms with van der Waals surface area (Å²) in [5.41, 5.74) is 0. The van der Waals surface area contributed by atoms with Crippen molar-refractivity contribution in [2.24, 2.45) is 0 Å². The van der Waals surface area contributed by atoms with Crippen LogP contribution in [0.5, 0.6) is 0 Å². The van der Waals surface area contributed by atoms with E-state index in [4.69, 9.17) is 16.0 Å². The highest BCUT2D eigenvalue weighted by Gasteiger charge is 2.42. The summed E-state index contributed by atoms with van der Waals surface area (Å²) in [5, 5.41) is 27.9. The topological polar surface area (TPSA) is 79.2 Å². The van der Waals surface area contributed by atoms with Crippen LogP contribution in [0, 0.1) is 0 Å². The van der Waals surface area contributed by atoms with E-state index < -0.39 is 30.7 Å². The van der Waals surface area contributed by atoms with Crippen LogP contribution in [-0.4, -0.2) is 53.1 Å². The first-order chi connectivity index (χ1) is 6.07. The van der Waals surface area contributed by atoms with Crippen LogP contribution < -0.4 is 0 Å². The minimum Gasteiger partial charge on any atom is -0.388 e. The molecule has 0 aromatic heterocycles. The van der Waals surface area contributed by atoms with Crippen LogP contribution in [0.4, 0.5) is 0 Å². The Balaban J connectivity index is 2.64. The third-order valence-electron chi connectivity index (χ3n) is 1.99. The van der Waals surface area contributed by atoms with Crippen molar-refractivity contribution in [3.63, 3.8) is 0 Å². The zero-order valence-corrected chi connectivity index (χ0v) is 6.75. The summed E-state index contributed by atoms with van der Waals surface area (Å²) in [7, 11) is -0.377. The summed E-state index contributed by atoms with van der Waals surface area (Å²) in [5.74, 6) is 0. The Morgan fingerprint density at radius 1 is 1.33 bits per heavy atom. The average Bonchev–Trinajstić information content (AvgIpc) is 2.09. The fraction of sp³-hybridized carbons (Fsp3) is 1.00. The highest BCUT2D eigenvalue weighted by molar-refractivity contribution is 4.87. The number of aliphatic hydroxyl groups is 3. The van der Waals surface area contributed by atoms with Crippen molar-refractivity contribution in [2.75, 3.05) is 7.09 Å². The SMILES string of the molecule is [2H]CO[C@@H]1[C@H](O)[C@@H](C)OC(O)[C@@H]1O. The highest BCUT2D eigenvalue weighted by Crippen LogP contribution is 2.21. The van der Waals surface area contributed by atoms with Crippen molar-refractivity contribution in [1.82, 2.24) is 0 Å². The maximum absolute atomic E-state index is 9.45. The van der Waals surface area contributed by atoms with Gasteiger partial charge in [0.25, 0.3) is 0 Å². The third-order valence-corrected chi connectivity index (χ3v) is 1.99. The number of rotatable bonds is 1. The maximum atomic E-state index is 9.45.